The highest BCUT2D eigenvalue weighted by Crippen LogP contribution is 2.32. The third kappa shape index (κ3) is 4.17. The van der Waals surface area contributed by atoms with E-state index in [1.165, 1.54) is 12.3 Å². The van der Waals surface area contributed by atoms with Crippen LogP contribution in [0.15, 0.2) is 71.7 Å². The van der Waals surface area contributed by atoms with Gasteiger partial charge in [0.15, 0.2) is 0 Å². The summed E-state index contributed by atoms with van der Waals surface area (Å²) in [5.41, 5.74) is 1.86. The molecule has 0 aromatic heterocycles. The molecule has 3 aromatic rings. The van der Waals surface area contributed by atoms with Crippen molar-refractivity contribution in [2.75, 3.05) is 0 Å². The maximum absolute atomic E-state index is 11.8. The Morgan fingerprint density at radius 2 is 1.86 bits per heavy atom. The average molecular weight is 391 g/mol. The summed E-state index contributed by atoms with van der Waals surface area (Å²) >= 11 is 6.36. The summed E-state index contributed by atoms with van der Waals surface area (Å²) in [7, 11) is 0. The van der Waals surface area contributed by atoms with Crippen LogP contribution in [0.5, 0.6) is 5.75 Å². The van der Waals surface area contributed by atoms with Gasteiger partial charge in [-0.2, -0.15) is 5.26 Å². The predicted molar refractivity (Wildman–Crippen MR) is 105 cm³/mol. The first-order chi connectivity index (χ1) is 13.5. The lowest BCUT2D eigenvalue weighted by atomic mass is 9.92. The molecular formula is C21H13ClN3O3-. The van der Waals surface area contributed by atoms with E-state index in [1.807, 2.05) is 30.3 Å². The van der Waals surface area contributed by atoms with Crippen LogP contribution in [-0.4, -0.2) is 11.1 Å². The van der Waals surface area contributed by atoms with Crippen LogP contribution < -0.4 is 5.11 Å². The second-order valence-corrected chi connectivity index (χ2v) is 6.32. The van der Waals surface area contributed by atoms with E-state index in [2.05, 4.69) is 11.1 Å². The van der Waals surface area contributed by atoms with E-state index in [0.29, 0.717) is 16.3 Å². The van der Waals surface area contributed by atoms with Crippen molar-refractivity contribution >= 4 is 29.2 Å². The Morgan fingerprint density at radius 1 is 1.11 bits per heavy atom. The molecule has 0 aliphatic carbocycles. The van der Waals surface area contributed by atoms with E-state index in [0.717, 1.165) is 17.7 Å². The Balaban J connectivity index is 1.89. The number of nitrogens with zero attached hydrogens (tertiary/aromatic N) is 3. The van der Waals surface area contributed by atoms with Crippen LogP contribution in [0.1, 0.15) is 22.6 Å². The lowest BCUT2D eigenvalue weighted by Crippen LogP contribution is -1.99. The van der Waals surface area contributed by atoms with Gasteiger partial charge in [-0.15, -0.1) is 0 Å². The number of hydrogen-bond donors (Lipinski definition) is 0. The molecule has 0 N–H and O–H groups in total. The molecule has 0 unspecified atom stereocenters. The summed E-state index contributed by atoms with van der Waals surface area (Å²) in [6.45, 7) is 0. The van der Waals surface area contributed by atoms with Gasteiger partial charge >= 0.3 is 0 Å². The number of aliphatic imine (C=N–C) groups is 1. The lowest BCUT2D eigenvalue weighted by Gasteiger charge is -2.12. The van der Waals surface area contributed by atoms with Gasteiger partial charge in [-0.05, 0) is 28.8 Å². The van der Waals surface area contributed by atoms with Crippen molar-refractivity contribution < 1.29 is 10.0 Å². The van der Waals surface area contributed by atoms with Crippen molar-refractivity contribution in [3.05, 3.63) is 98.6 Å². The van der Waals surface area contributed by atoms with Crippen LogP contribution in [0.25, 0.3) is 0 Å². The second-order valence-electron chi connectivity index (χ2n) is 5.92. The number of benzene rings is 3. The molecule has 0 fully saturated rings. The van der Waals surface area contributed by atoms with Gasteiger partial charge in [0.1, 0.15) is 0 Å². The molecule has 0 heterocycles. The van der Waals surface area contributed by atoms with Crippen molar-refractivity contribution in [3.63, 3.8) is 0 Å². The van der Waals surface area contributed by atoms with Crippen LogP contribution in [-0.2, 0) is 0 Å². The van der Waals surface area contributed by atoms with Gasteiger partial charge in [-0.1, -0.05) is 59.8 Å². The molecule has 0 radical (unpaired) electrons. The van der Waals surface area contributed by atoms with E-state index >= 15 is 0 Å². The van der Waals surface area contributed by atoms with Crippen LogP contribution in [0, 0.1) is 21.4 Å². The van der Waals surface area contributed by atoms with Crippen LogP contribution >= 0.6 is 11.6 Å². The van der Waals surface area contributed by atoms with Crippen molar-refractivity contribution in [3.8, 4) is 11.8 Å². The number of nitro groups is 1. The van der Waals surface area contributed by atoms with Crippen molar-refractivity contribution in [2.24, 2.45) is 4.99 Å². The first-order valence-corrected chi connectivity index (χ1v) is 8.61. The lowest BCUT2D eigenvalue weighted by molar-refractivity contribution is -0.385. The first-order valence-electron chi connectivity index (χ1n) is 8.23. The van der Waals surface area contributed by atoms with Crippen LogP contribution in [0.3, 0.4) is 0 Å². The highest BCUT2D eigenvalue weighted by atomic mass is 35.5. The summed E-state index contributed by atoms with van der Waals surface area (Å²) in [5.74, 6) is -0.887. The quantitative estimate of drug-likeness (QED) is 0.357. The molecule has 0 saturated carbocycles. The Bertz CT molecular complexity index is 1090. The summed E-state index contributed by atoms with van der Waals surface area (Å²) in [4.78, 5) is 14.5. The number of rotatable bonds is 5. The maximum Gasteiger partial charge on any atom is 0.270 e. The van der Waals surface area contributed by atoms with E-state index in [9.17, 15) is 20.5 Å². The maximum atomic E-state index is 11.8. The van der Waals surface area contributed by atoms with E-state index in [4.69, 9.17) is 11.6 Å². The fourth-order valence-corrected chi connectivity index (χ4v) is 2.98. The van der Waals surface area contributed by atoms with E-state index < -0.39 is 10.8 Å². The highest BCUT2D eigenvalue weighted by molar-refractivity contribution is 6.31. The third-order valence-corrected chi connectivity index (χ3v) is 4.44. The minimum atomic E-state index is -0.575. The summed E-state index contributed by atoms with van der Waals surface area (Å²) in [6, 6.07) is 20.0. The normalized spacial score (nSPS) is 11.9. The SMILES string of the molecule is N#C[C@H](c1ccccc1)c1ccc(N=Cc2cc([N+](=O)[O-])ccc2[O-])cc1Cl. The molecular weight excluding hydrogens is 378 g/mol. The molecule has 138 valence electrons. The van der Waals surface area contributed by atoms with Crippen molar-refractivity contribution in [1.29, 1.82) is 5.26 Å². The highest BCUT2D eigenvalue weighted by Gasteiger charge is 2.16. The second kappa shape index (κ2) is 8.33. The molecule has 3 rings (SSSR count). The monoisotopic (exact) mass is 390 g/mol. The molecule has 7 heteroatoms. The molecule has 0 spiro atoms. The molecule has 0 bridgehead atoms. The van der Waals surface area contributed by atoms with Gasteiger partial charge in [-0.3, -0.25) is 15.1 Å². The largest absolute Gasteiger partial charge is 0.872 e. The fraction of sp³-hybridized carbons (Fsp3) is 0.0476. The molecule has 0 aliphatic heterocycles. The number of hydrogen-bond acceptors (Lipinski definition) is 5. The topological polar surface area (TPSA) is 102 Å². The number of nitriles is 1. The fourth-order valence-electron chi connectivity index (χ4n) is 2.69. The first kappa shape index (κ1) is 19.1. The minimum absolute atomic E-state index is 0.105. The van der Waals surface area contributed by atoms with Gasteiger partial charge in [0.2, 0.25) is 0 Å². The van der Waals surface area contributed by atoms with Gasteiger partial charge in [0, 0.05) is 23.4 Å². The Morgan fingerprint density at radius 3 is 2.50 bits per heavy atom. The van der Waals surface area contributed by atoms with E-state index in [1.54, 1.807) is 18.2 Å². The predicted octanol–water partition coefficient (Wildman–Crippen LogP) is 4.73. The summed E-state index contributed by atoms with van der Waals surface area (Å²) < 4.78 is 0. The third-order valence-electron chi connectivity index (χ3n) is 4.11. The zero-order chi connectivity index (χ0) is 20.1. The van der Waals surface area contributed by atoms with Crippen LogP contribution in [0.4, 0.5) is 11.4 Å². The zero-order valence-electron chi connectivity index (χ0n) is 14.4. The zero-order valence-corrected chi connectivity index (χ0v) is 15.2. The standard InChI is InChI=1S/C21H14ClN3O3/c22-20-11-16(24-13-15-10-17(25(27)28)7-9-21(15)26)6-8-18(20)19(12-23)14-4-2-1-3-5-14/h1-11,13,19,26H/p-1/t19-/m1/s1. The molecule has 6 nitrogen and oxygen atoms in total. The smallest absolute Gasteiger partial charge is 0.270 e. The van der Waals surface area contributed by atoms with Crippen molar-refractivity contribution in [1.82, 2.24) is 0 Å². The average Bonchev–Trinajstić information content (AvgIpc) is 2.70. The number of non-ortho nitro benzene ring substituents is 1. The summed E-state index contributed by atoms with van der Waals surface area (Å²) in [6.07, 6.45) is 1.26. The molecule has 0 amide bonds. The number of nitro benzene ring substituents is 1. The number of halogens is 1. The molecule has 0 saturated heterocycles. The molecule has 3 aromatic carbocycles. The van der Waals surface area contributed by atoms with Crippen LogP contribution in [0.2, 0.25) is 5.02 Å². The van der Waals surface area contributed by atoms with Gasteiger partial charge in [0.25, 0.3) is 5.69 Å². The molecule has 1 atom stereocenters. The Labute approximate surface area is 166 Å². The van der Waals surface area contributed by atoms with Gasteiger partial charge < -0.3 is 5.11 Å². The Kier molecular flexibility index (Phi) is 5.68. The van der Waals surface area contributed by atoms with Gasteiger partial charge in [0.05, 0.1) is 22.6 Å². The Hall–Kier alpha value is -3.69. The van der Waals surface area contributed by atoms with Crippen molar-refractivity contribution in [2.45, 2.75) is 5.92 Å². The minimum Gasteiger partial charge on any atom is -0.872 e. The van der Waals surface area contributed by atoms with Gasteiger partial charge in [-0.25, -0.2) is 0 Å². The molecule has 28 heavy (non-hydrogen) atoms. The molecule has 0 aliphatic rings. The summed E-state index contributed by atoms with van der Waals surface area (Å²) in [5, 5.41) is 32.6. The van der Waals surface area contributed by atoms with E-state index in [-0.39, 0.29) is 17.0 Å².